The fraction of sp³-hybridized carbons (Fsp3) is 0.385. The van der Waals surface area contributed by atoms with Gasteiger partial charge in [-0.15, -0.1) is 0 Å². The van der Waals surface area contributed by atoms with Gasteiger partial charge >= 0.3 is 5.97 Å². The van der Waals surface area contributed by atoms with E-state index in [4.69, 9.17) is 10.4 Å². The summed E-state index contributed by atoms with van der Waals surface area (Å²) in [4.78, 5) is 11.0. The van der Waals surface area contributed by atoms with Crippen LogP contribution in [-0.4, -0.2) is 38.6 Å². The smallest absolute Gasteiger partial charge is 0.307 e. The van der Waals surface area contributed by atoms with Crippen molar-refractivity contribution < 1.29 is 18.3 Å². The number of carboxylic acid groups (broad SMARTS) is 1. The molecular formula is C13H15N3O4S. The monoisotopic (exact) mass is 309 g/mol. The Balaban J connectivity index is 2.09. The Morgan fingerprint density at radius 2 is 2.00 bits per heavy atom. The van der Waals surface area contributed by atoms with Gasteiger partial charge in [0.25, 0.3) is 0 Å². The number of carbonyl (C=O) groups is 1. The first-order chi connectivity index (χ1) is 9.92. The van der Waals surface area contributed by atoms with Crippen LogP contribution in [0, 0.1) is 17.2 Å². The van der Waals surface area contributed by atoms with Crippen LogP contribution in [-0.2, 0) is 14.8 Å². The van der Waals surface area contributed by atoms with Gasteiger partial charge in [0.1, 0.15) is 0 Å². The molecule has 7 nitrogen and oxygen atoms in total. The summed E-state index contributed by atoms with van der Waals surface area (Å²) in [6, 6.07) is 7.00. The maximum Gasteiger partial charge on any atom is 0.307 e. The molecule has 3 N–H and O–H groups in total. The molecule has 0 unspecified atom stereocenters. The van der Waals surface area contributed by atoms with Gasteiger partial charge in [-0.25, -0.2) is 13.1 Å². The first kappa shape index (κ1) is 15.4. The third kappa shape index (κ3) is 3.78. The molecular weight excluding hydrogens is 294 g/mol. The van der Waals surface area contributed by atoms with Gasteiger partial charge < -0.3 is 10.4 Å². The zero-order valence-electron chi connectivity index (χ0n) is 11.1. The van der Waals surface area contributed by atoms with Crippen molar-refractivity contribution in [2.45, 2.75) is 17.4 Å². The molecule has 8 heteroatoms. The largest absolute Gasteiger partial charge is 0.481 e. The zero-order valence-corrected chi connectivity index (χ0v) is 11.9. The summed E-state index contributed by atoms with van der Waals surface area (Å²) < 4.78 is 26.9. The lowest BCUT2D eigenvalue weighted by molar-refractivity contribution is -0.142. The maximum absolute atomic E-state index is 12.2. The first-order valence-corrected chi connectivity index (χ1v) is 7.86. The average Bonchev–Trinajstić information content (AvgIpc) is 2.47. The van der Waals surface area contributed by atoms with Crippen LogP contribution in [0.2, 0.25) is 0 Å². The van der Waals surface area contributed by atoms with E-state index in [9.17, 15) is 13.2 Å². The van der Waals surface area contributed by atoms with Gasteiger partial charge in [0.2, 0.25) is 10.0 Å². The van der Waals surface area contributed by atoms with Crippen LogP contribution < -0.4 is 10.0 Å². The number of hydrogen-bond acceptors (Lipinski definition) is 5. The van der Waals surface area contributed by atoms with Gasteiger partial charge in [-0.05, 0) is 30.7 Å². The summed E-state index contributed by atoms with van der Waals surface area (Å²) in [6.45, 7) is 0.726. The number of benzene rings is 1. The molecule has 1 aromatic rings. The molecule has 21 heavy (non-hydrogen) atoms. The third-order valence-electron chi connectivity index (χ3n) is 3.32. The first-order valence-electron chi connectivity index (χ1n) is 6.38. The van der Waals surface area contributed by atoms with Crippen molar-refractivity contribution in [1.29, 1.82) is 5.26 Å². The summed E-state index contributed by atoms with van der Waals surface area (Å²) in [5.74, 6) is -1.54. The Morgan fingerprint density at radius 3 is 2.57 bits per heavy atom. The third-order valence-corrected chi connectivity index (χ3v) is 4.85. The van der Waals surface area contributed by atoms with Gasteiger partial charge in [-0.3, -0.25) is 4.79 Å². The summed E-state index contributed by atoms with van der Waals surface area (Å²) in [7, 11) is -3.73. The molecule has 0 aromatic heterocycles. The fourth-order valence-corrected chi connectivity index (χ4v) is 3.46. The van der Waals surface area contributed by atoms with E-state index < -0.39 is 28.0 Å². The molecule has 1 aromatic carbocycles. The molecule has 0 aliphatic carbocycles. The summed E-state index contributed by atoms with van der Waals surface area (Å²) >= 11 is 0. The van der Waals surface area contributed by atoms with E-state index in [1.807, 2.05) is 6.07 Å². The van der Waals surface area contributed by atoms with Crippen molar-refractivity contribution in [3.63, 3.8) is 0 Å². The molecule has 0 bridgehead atoms. The number of piperidine rings is 1. The highest BCUT2D eigenvalue weighted by Crippen LogP contribution is 2.15. The molecule has 1 aliphatic heterocycles. The van der Waals surface area contributed by atoms with Gasteiger partial charge in [0, 0.05) is 19.1 Å². The minimum absolute atomic E-state index is 0.0546. The zero-order chi connectivity index (χ0) is 15.5. The lowest BCUT2D eigenvalue weighted by Crippen LogP contribution is -2.50. The Hall–Kier alpha value is -1.95. The van der Waals surface area contributed by atoms with Crippen LogP contribution in [0.15, 0.2) is 29.2 Å². The number of nitrogens with zero attached hydrogens (tertiary/aromatic N) is 1. The molecule has 1 fully saturated rings. The van der Waals surface area contributed by atoms with Crippen molar-refractivity contribution >= 4 is 16.0 Å². The highest BCUT2D eigenvalue weighted by molar-refractivity contribution is 7.89. The fourth-order valence-electron chi connectivity index (χ4n) is 2.22. The van der Waals surface area contributed by atoms with Crippen molar-refractivity contribution in [3.05, 3.63) is 29.8 Å². The van der Waals surface area contributed by atoms with Crippen LogP contribution in [0.25, 0.3) is 0 Å². The molecule has 1 heterocycles. The van der Waals surface area contributed by atoms with Gasteiger partial charge in [-0.2, -0.15) is 5.26 Å². The molecule has 0 spiro atoms. The summed E-state index contributed by atoms with van der Waals surface area (Å²) in [6.07, 6.45) is 0.248. The van der Waals surface area contributed by atoms with Crippen LogP contribution >= 0.6 is 0 Å². The Labute approximate surface area is 122 Å². The number of carboxylic acids is 1. The van der Waals surface area contributed by atoms with Crippen LogP contribution in [0.5, 0.6) is 0 Å². The van der Waals surface area contributed by atoms with Crippen molar-refractivity contribution in [2.24, 2.45) is 5.92 Å². The van der Waals surface area contributed by atoms with E-state index in [0.717, 1.165) is 0 Å². The molecule has 1 saturated heterocycles. The Bertz CT molecular complexity index is 664. The van der Waals surface area contributed by atoms with Gasteiger partial charge in [0.05, 0.1) is 22.4 Å². The van der Waals surface area contributed by atoms with E-state index in [-0.39, 0.29) is 11.3 Å². The minimum atomic E-state index is -3.73. The molecule has 1 aliphatic rings. The predicted octanol–water partition coefficient (Wildman–Crippen LogP) is -0.101. The lowest BCUT2D eigenvalue weighted by atomic mass is 9.97. The van der Waals surface area contributed by atoms with Gasteiger partial charge in [-0.1, -0.05) is 0 Å². The van der Waals surface area contributed by atoms with E-state index in [2.05, 4.69) is 10.0 Å². The van der Waals surface area contributed by atoms with Crippen molar-refractivity contribution in [1.82, 2.24) is 10.0 Å². The van der Waals surface area contributed by atoms with Crippen LogP contribution in [0.3, 0.4) is 0 Å². The lowest BCUT2D eigenvalue weighted by Gasteiger charge is -2.28. The van der Waals surface area contributed by atoms with E-state index in [1.54, 1.807) is 0 Å². The predicted molar refractivity (Wildman–Crippen MR) is 73.9 cm³/mol. The Kier molecular flexibility index (Phi) is 4.57. The van der Waals surface area contributed by atoms with Crippen LogP contribution in [0.1, 0.15) is 12.0 Å². The molecule has 0 saturated carbocycles. The maximum atomic E-state index is 12.2. The molecule has 2 rings (SSSR count). The molecule has 0 amide bonds. The topological polar surface area (TPSA) is 119 Å². The van der Waals surface area contributed by atoms with E-state index in [0.29, 0.717) is 18.7 Å². The van der Waals surface area contributed by atoms with E-state index >= 15 is 0 Å². The number of nitriles is 1. The highest BCUT2D eigenvalue weighted by atomic mass is 32.2. The van der Waals surface area contributed by atoms with Crippen LogP contribution in [0.4, 0.5) is 0 Å². The second-order valence-electron chi connectivity index (χ2n) is 4.88. The normalized spacial score (nSPS) is 22.4. The second-order valence-corrected chi connectivity index (χ2v) is 6.60. The highest BCUT2D eigenvalue weighted by Gasteiger charge is 2.29. The van der Waals surface area contributed by atoms with Crippen molar-refractivity contribution in [3.8, 4) is 6.07 Å². The standard InChI is InChI=1S/C13H15N3O4S/c14-6-9-1-3-12(4-2-9)21(19,20)16-11-5-10(13(17)18)7-15-8-11/h1-4,10-11,15-16H,5,7-8H2,(H,17,18)/t10-,11+/m0/s1. The van der Waals surface area contributed by atoms with E-state index in [1.165, 1.54) is 24.3 Å². The molecule has 2 atom stereocenters. The van der Waals surface area contributed by atoms with Crippen molar-refractivity contribution in [2.75, 3.05) is 13.1 Å². The number of aliphatic carboxylic acids is 1. The number of nitrogens with one attached hydrogen (secondary N) is 2. The van der Waals surface area contributed by atoms with Gasteiger partial charge in [0.15, 0.2) is 0 Å². The Morgan fingerprint density at radius 1 is 1.33 bits per heavy atom. The summed E-state index contributed by atoms with van der Waals surface area (Å²) in [5, 5.41) is 20.6. The SMILES string of the molecule is N#Cc1ccc(S(=O)(=O)N[C@H]2CNC[C@@H](C(=O)O)C2)cc1. The minimum Gasteiger partial charge on any atom is -0.481 e. The number of hydrogen-bond donors (Lipinski definition) is 3. The number of sulfonamides is 1. The average molecular weight is 309 g/mol. The summed E-state index contributed by atoms with van der Waals surface area (Å²) in [5.41, 5.74) is 0.374. The molecule has 0 radical (unpaired) electrons. The second kappa shape index (κ2) is 6.22. The molecule has 112 valence electrons. The number of rotatable bonds is 4. The quantitative estimate of drug-likeness (QED) is 0.714.